The lowest BCUT2D eigenvalue weighted by Crippen LogP contribution is -2.85. The van der Waals surface area contributed by atoms with E-state index in [1.54, 1.807) is 0 Å². The second-order valence-corrected chi connectivity index (χ2v) is 6.61. The van der Waals surface area contributed by atoms with Gasteiger partial charge in [0.15, 0.2) is 6.54 Å². The molecule has 4 heteroatoms. The Morgan fingerprint density at radius 2 is 1.25 bits per heavy atom. The molecule has 0 rings (SSSR count). The minimum absolute atomic E-state index is 0. The van der Waals surface area contributed by atoms with Crippen LogP contribution in [0, 0.1) is 0 Å². The van der Waals surface area contributed by atoms with E-state index in [2.05, 4.69) is 19.1 Å². The van der Waals surface area contributed by atoms with Gasteiger partial charge < -0.3 is 15.9 Å². The summed E-state index contributed by atoms with van der Waals surface area (Å²) in [5.41, 5.74) is 0. The summed E-state index contributed by atoms with van der Waals surface area (Å²) in [5, 5.41) is 10.4. The largest absolute Gasteiger partial charge is 0.870 e. The molecule has 0 aromatic heterocycles. The molecule has 0 bridgehead atoms. The summed E-state index contributed by atoms with van der Waals surface area (Å²) in [6.45, 7) is 3.43. The third-order valence-electron chi connectivity index (χ3n) is 4.24. The molecule has 0 aliphatic carbocycles. The molecule has 0 aliphatic rings. The van der Waals surface area contributed by atoms with E-state index in [1.807, 2.05) is 5.32 Å². The van der Waals surface area contributed by atoms with Gasteiger partial charge in [-0.15, -0.1) is 0 Å². The number of hydrogen-bond acceptors (Lipinski definition) is 2. The highest BCUT2D eigenvalue weighted by Crippen LogP contribution is 2.09. The highest BCUT2D eigenvalue weighted by Gasteiger charge is 1.98. The Hall–Kier alpha value is -0.870. The first kappa shape index (κ1) is 25.4. The van der Waals surface area contributed by atoms with E-state index in [1.165, 1.54) is 83.5 Å². The van der Waals surface area contributed by atoms with Gasteiger partial charge in [0.1, 0.15) is 0 Å². The van der Waals surface area contributed by atoms with Crippen LogP contribution in [0.25, 0.3) is 0 Å². The van der Waals surface area contributed by atoms with Crippen LogP contribution in [-0.2, 0) is 4.79 Å². The lowest BCUT2D eigenvalue weighted by molar-refractivity contribution is -0.645. The molecule has 0 amide bonds. The summed E-state index contributed by atoms with van der Waals surface area (Å²) in [6.07, 6.45) is 23.2. The van der Waals surface area contributed by atoms with Crippen LogP contribution < -0.4 is 5.32 Å². The van der Waals surface area contributed by atoms with Gasteiger partial charge in [0.05, 0.1) is 6.54 Å². The van der Waals surface area contributed by atoms with Crippen LogP contribution in [0.3, 0.4) is 0 Å². The van der Waals surface area contributed by atoms with Crippen molar-refractivity contribution >= 4 is 5.97 Å². The number of unbranched alkanes of at least 4 members (excludes halogenated alkanes) is 12. The molecule has 0 fully saturated rings. The van der Waals surface area contributed by atoms with E-state index in [-0.39, 0.29) is 12.0 Å². The summed E-state index contributed by atoms with van der Waals surface area (Å²) in [5.74, 6) is -0.713. The summed E-state index contributed by atoms with van der Waals surface area (Å²) in [6, 6.07) is 0. The standard InChI is InChI=1S/C20H39NO2.H2O/c1-2-3-4-5-6-7-8-9-10-11-12-13-14-15-16-17-18-21-19-20(22)23;/h9-10,21H,2-8,11-19H2,1H3,(H,22,23);1H2. The van der Waals surface area contributed by atoms with Crippen molar-refractivity contribution < 1.29 is 20.7 Å². The third kappa shape index (κ3) is 23.4. The van der Waals surface area contributed by atoms with E-state index in [0.717, 1.165) is 13.0 Å². The number of nitrogens with two attached hydrogens (primary N) is 1. The molecular weight excluding hydrogens is 302 g/mol. The highest BCUT2D eigenvalue weighted by molar-refractivity contribution is 5.67. The molecule has 24 heavy (non-hydrogen) atoms. The molecule has 0 radical (unpaired) electrons. The van der Waals surface area contributed by atoms with Crippen molar-refractivity contribution in [1.82, 2.24) is 0 Å². The minimum Gasteiger partial charge on any atom is -0.870 e. The van der Waals surface area contributed by atoms with Gasteiger partial charge >= 0.3 is 5.97 Å². The zero-order chi connectivity index (χ0) is 17.0. The Kier molecular flexibility index (Phi) is 23.4. The maximum absolute atomic E-state index is 10.3. The molecule has 0 saturated carbocycles. The van der Waals surface area contributed by atoms with Crippen molar-refractivity contribution in [2.45, 2.75) is 96.8 Å². The molecule has 4 nitrogen and oxygen atoms in total. The molecule has 0 saturated heterocycles. The zero-order valence-electron chi connectivity index (χ0n) is 15.8. The van der Waals surface area contributed by atoms with Gasteiger partial charge in [0.25, 0.3) is 0 Å². The van der Waals surface area contributed by atoms with Gasteiger partial charge in [-0.2, -0.15) is 0 Å². The summed E-state index contributed by atoms with van der Waals surface area (Å²) in [4.78, 5) is 10.3. The number of aliphatic carboxylic acids is 1. The third-order valence-corrected chi connectivity index (χ3v) is 4.24. The average molecular weight is 344 g/mol. The van der Waals surface area contributed by atoms with Crippen molar-refractivity contribution in [3.63, 3.8) is 0 Å². The Bertz CT molecular complexity index is 280. The van der Waals surface area contributed by atoms with Gasteiger partial charge in [-0.1, -0.05) is 70.4 Å². The fraction of sp³-hybridized carbons (Fsp3) is 0.850. The SMILES string of the molecule is CCCCCCCCC=CCCCCCCCC[NH2+]CC(=O)O.[OH-]. The molecule has 0 aromatic carbocycles. The van der Waals surface area contributed by atoms with E-state index >= 15 is 0 Å². The predicted molar refractivity (Wildman–Crippen MR) is 101 cm³/mol. The van der Waals surface area contributed by atoms with Crippen molar-refractivity contribution in [3.05, 3.63) is 12.2 Å². The summed E-state index contributed by atoms with van der Waals surface area (Å²) in [7, 11) is 0. The molecule has 144 valence electrons. The monoisotopic (exact) mass is 343 g/mol. The van der Waals surface area contributed by atoms with Gasteiger partial charge in [0.2, 0.25) is 0 Å². The zero-order valence-corrected chi connectivity index (χ0v) is 15.8. The number of carboxylic acid groups (broad SMARTS) is 1. The van der Waals surface area contributed by atoms with E-state index in [4.69, 9.17) is 5.11 Å². The Morgan fingerprint density at radius 1 is 0.792 bits per heavy atom. The fourth-order valence-corrected chi connectivity index (χ4v) is 2.76. The molecule has 0 atom stereocenters. The topological polar surface area (TPSA) is 83.9 Å². The van der Waals surface area contributed by atoms with Gasteiger partial charge in [0, 0.05) is 0 Å². The minimum atomic E-state index is -0.713. The number of quaternary nitrogens is 1. The van der Waals surface area contributed by atoms with Crippen LogP contribution in [0.5, 0.6) is 0 Å². The highest BCUT2D eigenvalue weighted by atomic mass is 16.4. The fourth-order valence-electron chi connectivity index (χ4n) is 2.76. The number of rotatable bonds is 18. The van der Waals surface area contributed by atoms with Crippen LogP contribution >= 0.6 is 0 Å². The lowest BCUT2D eigenvalue weighted by Gasteiger charge is -2.00. The predicted octanol–water partition coefficient (Wildman–Crippen LogP) is 4.50. The van der Waals surface area contributed by atoms with Gasteiger partial charge in [-0.3, -0.25) is 0 Å². The Labute approximate surface area is 149 Å². The van der Waals surface area contributed by atoms with E-state index in [9.17, 15) is 4.79 Å². The van der Waals surface area contributed by atoms with Crippen molar-refractivity contribution in [3.8, 4) is 0 Å². The maximum Gasteiger partial charge on any atom is 0.359 e. The first-order chi connectivity index (χ1) is 11.3. The van der Waals surface area contributed by atoms with Crippen LogP contribution in [0.1, 0.15) is 96.8 Å². The summed E-state index contributed by atoms with van der Waals surface area (Å²) >= 11 is 0. The van der Waals surface area contributed by atoms with E-state index in [0.29, 0.717) is 0 Å². The second-order valence-electron chi connectivity index (χ2n) is 6.61. The quantitative estimate of drug-likeness (QED) is 0.284. The van der Waals surface area contributed by atoms with Crippen molar-refractivity contribution in [1.29, 1.82) is 0 Å². The normalized spacial score (nSPS) is 10.9. The number of carboxylic acids is 1. The average Bonchev–Trinajstić information content (AvgIpc) is 2.53. The first-order valence-corrected chi connectivity index (χ1v) is 9.95. The number of allylic oxidation sites excluding steroid dienone is 2. The molecular formula is C20H41NO3. The molecule has 0 heterocycles. The second kappa shape index (κ2) is 22.1. The van der Waals surface area contributed by atoms with Crippen LogP contribution in [0.15, 0.2) is 12.2 Å². The Balaban J connectivity index is 0. The number of carbonyl (C=O) groups is 1. The van der Waals surface area contributed by atoms with E-state index < -0.39 is 5.97 Å². The molecule has 0 aromatic rings. The molecule has 0 aliphatic heterocycles. The van der Waals surface area contributed by atoms with Gasteiger partial charge in [-0.25, -0.2) is 4.79 Å². The Morgan fingerprint density at radius 3 is 1.75 bits per heavy atom. The van der Waals surface area contributed by atoms with Crippen LogP contribution in [0.4, 0.5) is 0 Å². The lowest BCUT2D eigenvalue weighted by atomic mass is 10.1. The molecule has 4 N–H and O–H groups in total. The number of hydrogen-bond donors (Lipinski definition) is 2. The smallest absolute Gasteiger partial charge is 0.359 e. The molecule has 0 spiro atoms. The van der Waals surface area contributed by atoms with Crippen molar-refractivity contribution in [2.24, 2.45) is 0 Å². The maximum atomic E-state index is 10.3. The van der Waals surface area contributed by atoms with Gasteiger partial charge in [-0.05, 0) is 38.5 Å². The summed E-state index contributed by atoms with van der Waals surface area (Å²) < 4.78 is 0. The first-order valence-electron chi connectivity index (χ1n) is 9.95. The van der Waals surface area contributed by atoms with Crippen LogP contribution in [0.2, 0.25) is 0 Å². The molecule has 0 unspecified atom stereocenters. The van der Waals surface area contributed by atoms with Crippen LogP contribution in [-0.4, -0.2) is 29.6 Å². The van der Waals surface area contributed by atoms with Crippen molar-refractivity contribution in [2.75, 3.05) is 13.1 Å².